The van der Waals surface area contributed by atoms with E-state index in [-0.39, 0.29) is 0 Å². The van der Waals surface area contributed by atoms with Gasteiger partial charge in [0.15, 0.2) is 0 Å². The van der Waals surface area contributed by atoms with Crippen molar-refractivity contribution >= 4 is 29.7 Å². The van der Waals surface area contributed by atoms with Crippen molar-refractivity contribution in [2.75, 3.05) is 5.08 Å². The lowest BCUT2D eigenvalue weighted by atomic mass is 11.9. The molecule has 0 saturated heterocycles. The van der Waals surface area contributed by atoms with Crippen LogP contribution in [0.1, 0.15) is 0 Å². The zero-order valence-corrected chi connectivity index (χ0v) is 7.38. The molecule has 0 rings (SSSR count). The average Bonchev–Trinajstić information content (AvgIpc) is 1.60. The third kappa shape index (κ3) is 5.07. The van der Waals surface area contributed by atoms with Crippen molar-refractivity contribution in [2.45, 2.75) is 0 Å². The molecule has 0 bridgehead atoms. The Labute approximate surface area is 60.7 Å². The fourth-order valence-corrected chi connectivity index (χ4v) is 2.39. The van der Waals surface area contributed by atoms with Gasteiger partial charge in [-0.25, -0.2) is 0 Å². The monoisotopic (exact) mass is 208 g/mol. The molecule has 0 aromatic carbocycles. The quantitative estimate of drug-likeness (QED) is 0.470. The fourth-order valence-electron chi connectivity index (χ4n) is 0.210. The van der Waals surface area contributed by atoms with Crippen LogP contribution >= 0.6 is 9.47 Å². The topological polar surface area (TPSA) is 97.7 Å². The normalized spacial score (nSPS) is 13.4. The predicted molar refractivity (Wildman–Crippen MR) is 36.1 cm³/mol. The highest BCUT2D eigenvalue weighted by Gasteiger charge is 2.18. The highest BCUT2D eigenvalue weighted by molar-refractivity contribution is 8.04. The summed E-state index contributed by atoms with van der Waals surface area (Å²) < 4.78 is 51.9. The molecule has 0 fully saturated rings. The summed E-state index contributed by atoms with van der Waals surface area (Å²) in [7, 11) is -7.31. The molecular weight excluding hydrogens is 203 g/mol. The van der Waals surface area contributed by atoms with Crippen LogP contribution in [0.15, 0.2) is 0 Å². The first kappa shape index (κ1) is 10.2. The lowest BCUT2D eigenvalue weighted by molar-refractivity contribution is 0.482. The first-order chi connectivity index (χ1) is 4.27. The predicted octanol–water partition coefficient (Wildman–Crippen LogP) is -1.03. The molecule has 0 aliphatic carbocycles. The summed E-state index contributed by atoms with van der Waals surface area (Å²) >= 11 is 0. The van der Waals surface area contributed by atoms with E-state index < -0.39 is 25.3 Å². The van der Waals surface area contributed by atoms with Crippen LogP contribution < -0.4 is 0 Å². The summed E-state index contributed by atoms with van der Waals surface area (Å²) in [5.41, 5.74) is 0. The van der Waals surface area contributed by atoms with E-state index in [1.807, 2.05) is 0 Å². The molecule has 0 aliphatic rings. The second-order valence-electron chi connectivity index (χ2n) is 1.35. The molecule has 0 saturated carbocycles. The Balaban J connectivity index is 4.49. The van der Waals surface area contributed by atoms with Crippen LogP contribution in [-0.2, 0) is 24.2 Å². The van der Waals surface area contributed by atoms with E-state index in [1.165, 1.54) is 9.47 Å². The van der Waals surface area contributed by atoms with Gasteiger partial charge in [0.1, 0.15) is 0 Å². The molecule has 0 aromatic rings. The summed E-state index contributed by atoms with van der Waals surface area (Å²) in [6.07, 6.45) is 0. The molecule has 1 atom stereocenters. The Bertz CT molecular complexity index is 284. The van der Waals surface area contributed by atoms with Gasteiger partial charge in [-0.05, 0) is 0 Å². The van der Waals surface area contributed by atoms with Gasteiger partial charge in [-0.2, -0.15) is 16.8 Å². The van der Waals surface area contributed by atoms with Crippen molar-refractivity contribution in [1.82, 2.24) is 0 Å². The summed E-state index contributed by atoms with van der Waals surface area (Å²) in [6.45, 7) is 0. The maximum atomic E-state index is 10.2. The number of hydrogen-bond donors (Lipinski definition) is 1. The summed E-state index contributed by atoms with van der Waals surface area (Å²) in [5, 5.41) is -1.43. The van der Waals surface area contributed by atoms with E-state index in [0.717, 1.165) is 0 Å². The van der Waals surface area contributed by atoms with E-state index in [1.54, 1.807) is 0 Å². The van der Waals surface area contributed by atoms with Crippen molar-refractivity contribution in [2.24, 2.45) is 0 Å². The number of hydrogen-bond acceptors (Lipinski definition) is 5. The molecule has 6 nitrogen and oxygen atoms in total. The Morgan fingerprint density at radius 3 is 1.80 bits per heavy atom. The second kappa shape index (κ2) is 3.10. The van der Waals surface area contributed by atoms with Gasteiger partial charge in [0.25, 0.3) is 20.2 Å². The lowest BCUT2D eigenvalue weighted by Crippen LogP contribution is -2.14. The van der Waals surface area contributed by atoms with Crippen LogP contribution in [0.3, 0.4) is 0 Å². The summed E-state index contributed by atoms with van der Waals surface area (Å²) in [4.78, 5) is 0. The number of rotatable bonds is 3. The van der Waals surface area contributed by atoms with E-state index in [4.69, 9.17) is 4.55 Å². The summed E-state index contributed by atoms with van der Waals surface area (Å²) in [6, 6.07) is 0. The standard InChI is InChI=1S/CH5O6PS2/c2-9(3,4)1-10(5,6)7-8/h1,8H2,(H,2,3,4). The average molecular weight is 208 g/mol. The van der Waals surface area contributed by atoms with E-state index >= 15 is 0 Å². The maximum Gasteiger partial charge on any atom is 0.286 e. The highest BCUT2D eigenvalue weighted by Crippen LogP contribution is 2.01. The first-order valence-corrected chi connectivity index (χ1v) is 5.49. The van der Waals surface area contributed by atoms with Crippen LogP contribution in [0.5, 0.6) is 0 Å². The van der Waals surface area contributed by atoms with Crippen LogP contribution in [0.4, 0.5) is 0 Å². The van der Waals surface area contributed by atoms with Crippen molar-refractivity contribution in [3.63, 3.8) is 0 Å². The van der Waals surface area contributed by atoms with Gasteiger partial charge in [-0.3, -0.25) is 8.52 Å². The Hall–Kier alpha value is 0.250. The van der Waals surface area contributed by atoms with Gasteiger partial charge in [0.05, 0.1) is 0 Å². The zero-order chi connectivity index (χ0) is 8.41. The first-order valence-electron chi connectivity index (χ1n) is 1.83. The fraction of sp³-hybridized carbons (Fsp3) is 1.00. The molecule has 0 aliphatic heterocycles. The zero-order valence-electron chi connectivity index (χ0n) is 4.59. The third-order valence-electron chi connectivity index (χ3n) is 0.440. The molecule has 62 valence electrons. The van der Waals surface area contributed by atoms with Crippen molar-refractivity contribution < 1.29 is 25.4 Å². The Morgan fingerprint density at radius 1 is 1.30 bits per heavy atom. The van der Waals surface area contributed by atoms with E-state index in [9.17, 15) is 16.8 Å². The molecular formula is CH5O6PS2. The molecule has 1 N–H and O–H groups in total. The van der Waals surface area contributed by atoms with Crippen LogP contribution in [-0.4, -0.2) is 26.5 Å². The minimum absolute atomic E-state index is 1.36. The van der Waals surface area contributed by atoms with Gasteiger partial charge in [-0.1, -0.05) is 0 Å². The minimum Gasteiger partial charge on any atom is -0.285 e. The molecule has 0 radical (unpaired) electrons. The Kier molecular flexibility index (Phi) is 3.18. The Morgan fingerprint density at radius 2 is 1.70 bits per heavy atom. The summed E-state index contributed by atoms with van der Waals surface area (Å²) in [5.74, 6) is 0. The molecule has 0 spiro atoms. The molecule has 10 heavy (non-hydrogen) atoms. The van der Waals surface area contributed by atoms with Gasteiger partial charge in [-0.15, -0.1) is 0 Å². The smallest absolute Gasteiger partial charge is 0.285 e. The van der Waals surface area contributed by atoms with Gasteiger partial charge in [0, 0.05) is 9.47 Å². The van der Waals surface area contributed by atoms with Gasteiger partial charge >= 0.3 is 0 Å². The molecule has 1 unspecified atom stereocenters. The van der Waals surface area contributed by atoms with Crippen LogP contribution in [0.2, 0.25) is 0 Å². The SMILES string of the molecule is O=S(=O)(O)CS(=O)(=O)OP. The largest absolute Gasteiger partial charge is 0.286 e. The van der Waals surface area contributed by atoms with Crippen molar-refractivity contribution in [1.29, 1.82) is 0 Å². The van der Waals surface area contributed by atoms with Crippen LogP contribution in [0, 0.1) is 0 Å². The lowest BCUT2D eigenvalue weighted by Gasteiger charge is -1.95. The minimum atomic E-state index is -4.52. The second-order valence-corrected chi connectivity index (χ2v) is 5.35. The van der Waals surface area contributed by atoms with Crippen molar-refractivity contribution in [3.05, 3.63) is 0 Å². The highest BCUT2D eigenvalue weighted by atomic mass is 32.3. The third-order valence-corrected chi connectivity index (χ3v) is 3.96. The molecule has 0 amide bonds. The van der Waals surface area contributed by atoms with Gasteiger partial charge in [0.2, 0.25) is 5.08 Å². The molecule has 0 heterocycles. The van der Waals surface area contributed by atoms with E-state index in [0.29, 0.717) is 0 Å². The molecule has 0 aromatic heterocycles. The maximum absolute atomic E-state index is 10.2. The molecule has 9 heteroatoms. The van der Waals surface area contributed by atoms with Crippen LogP contribution in [0.25, 0.3) is 0 Å². The van der Waals surface area contributed by atoms with E-state index in [2.05, 4.69) is 3.97 Å². The van der Waals surface area contributed by atoms with Gasteiger partial charge < -0.3 is 0 Å². The van der Waals surface area contributed by atoms with Crippen molar-refractivity contribution in [3.8, 4) is 0 Å².